The van der Waals surface area contributed by atoms with Crippen LogP contribution in [0.5, 0.6) is 0 Å². The second-order valence-corrected chi connectivity index (χ2v) is 6.04. The predicted octanol–water partition coefficient (Wildman–Crippen LogP) is 3.30. The van der Waals surface area contributed by atoms with Gasteiger partial charge >= 0.3 is 6.03 Å². The molecule has 0 aliphatic rings. The van der Waals surface area contributed by atoms with E-state index in [9.17, 15) is 9.59 Å². The van der Waals surface area contributed by atoms with Gasteiger partial charge in [0.1, 0.15) is 0 Å². The van der Waals surface area contributed by atoms with Crippen LogP contribution >= 0.6 is 11.8 Å². The SMILES string of the molecule is C[C@H](Sc1ccccc1)C(=O)Nc1ccc(NC(N)=O)cc1. The Bertz CT molecular complexity index is 644. The molecule has 0 bridgehead atoms. The Morgan fingerprint density at radius 3 is 2.05 bits per heavy atom. The number of hydrogen-bond acceptors (Lipinski definition) is 3. The minimum atomic E-state index is -0.621. The van der Waals surface area contributed by atoms with Crippen LogP contribution in [-0.2, 0) is 4.79 Å². The topological polar surface area (TPSA) is 84.2 Å². The monoisotopic (exact) mass is 315 g/mol. The Labute approximate surface area is 133 Å². The third kappa shape index (κ3) is 4.82. The molecular weight excluding hydrogens is 298 g/mol. The smallest absolute Gasteiger partial charge is 0.316 e. The number of carbonyl (C=O) groups is 2. The van der Waals surface area contributed by atoms with Crippen molar-refractivity contribution < 1.29 is 9.59 Å². The average molecular weight is 315 g/mol. The van der Waals surface area contributed by atoms with Crippen molar-refractivity contribution in [2.24, 2.45) is 5.73 Å². The Kier molecular flexibility index (Phi) is 5.43. The molecule has 2 aromatic carbocycles. The summed E-state index contributed by atoms with van der Waals surface area (Å²) in [4.78, 5) is 23.9. The van der Waals surface area contributed by atoms with Gasteiger partial charge in [0.15, 0.2) is 0 Å². The number of rotatable bonds is 5. The third-order valence-electron chi connectivity index (χ3n) is 2.85. The number of nitrogens with two attached hydrogens (primary N) is 1. The number of hydrogen-bond donors (Lipinski definition) is 3. The molecule has 0 saturated heterocycles. The van der Waals surface area contributed by atoms with E-state index in [0.29, 0.717) is 11.4 Å². The third-order valence-corrected chi connectivity index (χ3v) is 3.96. The largest absolute Gasteiger partial charge is 0.351 e. The van der Waals surface area contributed by atoms with Crippen LogP contribution in [0.2, 0.25) is 0 Å². The quantitative estimate of drug-likeness (QED) is 0.740. The predicted molar refractivity (Wildman–Crippen MR) is 90.0 cm³/mol. The first kappa shape index (κ1) is 15.9. The fourth-order valence-electron chi connectivity index (χ4n) is 1.78. The van der Waals surface area contributed by atoms with Gasteiger partial charge in [-0.1, -0.05) is 18.2 Å². The molecule has 0 fully saturated rings. The van der Waals surface area contributed by atoms with Crippen LogP contribution in [0, 0.1) is 0 Å². The van der Waals surface area contributed by atoms with Crippen molar-refractivity contribution in [1.29, 1.82) is 0 Å². The maximum Gasteiger partial charge on any atom is 0.316 e. The normalized spacial score (nSPS) is 11.5. The van der Waals surface area contributed by atoms with Gasteiger partial charge in [0.2, 0.25) is 5.91 Å². The van der Waals surface area contributed by atoms with Crippen molar-refractivity contribution in [3.05, 3.63) is 54.6 Å². The van der Waals surface area contributed by atoms with Crippen LogP contribution in [0.1, 0.15) is 6.92 Å². The van der Waals surface area contributed by atoms with Crippen LogP contribution in [-0.4, -0.2) is 17.2 Å². The van der Waals surface area contributed by atoms with Crippen LogP contribution < -0.4 is 16.4 Å². The fourth-order valence-corrected chi connectivity index (χ4v) is 2.67. The average Bonchev–Trinajstić information content (AvgIpc) is 2.49. The van der Waals surface area contributed by atoms with Gasteiger partial charge in [0.05, 0.1) is 5.25 Å². The van der Waals surface area contributed by atoms with E-state index in [1.165, 1.54) is 11.8 Å². The van der Waals surface area contributed by atoms with Crippen molar-refractivity contribution in [1.82, 2.24) is 0 Å². The van der Waals surface area contributed by atoms with E-state index in [0.717, 1.165) is 4.90 Å². The van der Waals surface area contributed by atoms with E-state index in [1.807, 2.05) is 37.3 Å². The zero-order valence-corrected chi connectivity index (χ0v) is 12.9. The van der Waals surface area contributed by atoms with Gasteiger partial charge in [0, 0.05) is 16.3 Å². The van der Waals surface area contributed by atoms with Crippen molar-refractivity contribution in [3.63, 3.8) is 0 Å². The number of benzene rings is 2. The maximum atomic E-state index is 12.2. The Morgan fingerprint density at radius 2 is 1.50 bits per heavy atom. The standard InChI is InChI=1S/C16H17N3O2S/c1-11(22-14-5-3-2-4-6-14)15(20)18-12-7-9-13(10-8-12)19-16(17)21/h2-11H,1H3,(H,18,20)(H3,17,19,21)/t11-/m0/s1. The molecule has 3 amide bonds. The lowest BCUT2D eigenvalue weighted by Crippen LogP contribution is -2.22. The number of thioether (sulfide) groups is 1. The first-order chi connectivity index (χ1) is 10.5. The van der Waals surface area contributed by atoms with Gasteiger partial charge in [-0.2, -0.15) is 0 Å². The van der Waals surface area contributed by atoms with Crippen molar-refractivity contribution in [2.75, 3.05) is 10.6 Å². The van der Waals surface area contributed by atoms with Gasteiger partial charge in [-0.15, -0.1) is 11.8 Å². The number of primary amides is 1. The van der Waals surface area contributed by atoms with Crippen molar-refractivity contribution in [2.45, 2.75) is 17.1 Å². The summed E-state index contributed by atoms with van der Waals surface area (Å²) in [5, 5.41) is 5.08. The molecule has 0 aromatic heterocycles. The number of carbonyl (C=O) groups excluding carboxylic acids is 2. The maximum absolute atomic E-state index is 12.2. The molecule has 2 aromatic rings. The summed E-state index contributed by atoms with van der Waals surface area (Å²) in [6.45, 7) is 1.86. The van der Waals surface area contributed by atoms with Gasteiger partial charge in [-0.25, -0.2) is 4.79 Å². The summed E-state index contributed by atoms with van der Waals surface area (Å²) in [7, 11) is 0. The van der Waals surface area contributed by atoms with E-state index in [1.54, 1.807) is 24.3 Å². The van der Waals surface area contributed by atoms with Gasteiger partial charge < -0.3 is 16.4 Å². The Balaban J connectivity index is 1.92. The number of anilines is 2. The molecule has 0 heterocycles. The van der Waals surface area contributed by atoms with E-state index < -0.39 is 6.03 Å². The number of amides is 3. The summed E-state index contributed by atoms with van der Waals surface area (Å²) in [6, 6.07) is 15.9. The molecule has 0 aliphatic heterocycles. The first-order valence-electron chi connectivity index (χ1n) is 6.73. The molecule has 5 nitrogen and oxygen atoms in total. The molecule has 0 aliphatic carbocycles. The Morgan fingerprint density at radius 1 is 0.955 bits per heavy atom. The van der Waals surface area contributed by atoms with Gasteiger partial charge in [-0.3, -0.25) is 4.79 Å². The van der Waals surface area contributed by atoms with Crippen molar-refractivity contribution in [3.8, 4) is 0 Å². The Hall–Kier alpha value is -2.47. The molecule has 1 atom stereocenters. The molecule has 114 valence electrons. The molecule has 2 rings (SSSR count). The van der Waals surface area contributed by atoms with E-state index in [4.69, 9.17) is 5.73 Å². The molecule has 0 spiro atoms. The van der Waals surface area contributed by atoms with E-state index in [2.05, 4.69) is 10.6 Å². The molecule has 0 saturated carbocycles. The summed E-state index contributed by atoms with van der Waals surface area (Å²) in [6.07, 6.45) is 0. The highest BCUT2D eigenvalue weighted by Gasteiger charge is 2.14. The zero-order valence-electron chi connectivity index (χ0n) is 12.1. The zero-order chi connectivity index (χ0) is 15.9. The number of urea groups is 1. The highest BCUT2D eigenvalue weighted by atomic mass is 32.2. The molecule has 0 unspecified atom stereocenters. The van der Waals surface area contributed by atoms with Crippen LogP contribution in [0.15, 0.2) is 59.5 Å². The highest BCUT2D eigenvalue weighted by Crippen LogP contribution is 2.24. The molecule has 22 heavy (non-hydrogen) atoms. The molecule has 4 N–H and O–H groups in total. The first-order valence-corrected chi connectivity index (χ1v) is 7.61. The van der Waals surface area contributed by atoms with Crippen LogP contribution in [0.4, 0.5) is 16.2 Å². The lowest BCUT2D eigenvalue weighted by molar-refractivity contribution is -0.115. The van der Waals surface area contributed by atoms with Crippen LogP contribution in [0.3, 0.4) is 0 Å². The fraction of sp³-hybridized carbons (Fsp3) is 0.125. The van der Waals surface area contributed by atoms with Gasteiger partial charge in [0.25, 0.3) is 0 Å². The highest BCUT2D eigenvalue weighted by molar-refractivity contribution is 8.00. The minimum absolute atomic E-state index is 0.0792. The summed E-state index contributed by atoms with van der Waals surface area (Å²) in [5.74, 6) is -0.0792. The minimum Gasteiger partial charge on any atom is -0.351 e. The van der Waals surface area contributed by atoms with Gasteiger partial charge in [-0.05, 0) is 43.3 Å². The van der Waals surface area contributed by atoms with E-state index in [-0.39, 0.29) is 11.2 Å². The summed E-state index contributed by atoms with van der Waals surface area (Å²) >= 11 is 1.50. The molecule has 0 radical (unpaired) electrons. The second kappa shape index (κ2) is 7.51. The number of nitrogens with one attached hydrogen (secondary N) is 2. The lowest BCUT2D eigenvalue weighted by Gasteiger charge is -2.12. The van der Waals surface area contributed by atoms with Crippen molar-refractivity contribution >= 4 is 35.1 Å². The van der Waals surface area contributed by atoms with Crippen LogP contribution in [0.25, 0.3) is 0 Å². The lowest BCUT2D eigenvalue weighted by atomic mass is 10.2. The summed E-state index contributed by atoms with van der Waals surface area (Å²) < 4.78 is 0. The summed E-state index contributed by atoms with van der Waals surface area (Å²) in [5.41, 5.74) is 6.28. The molecular formula is C16H17N3O2S. The second-order valence-electron chi connectivity index (χ2n) is 4.63. The molecule has 6 heteroatoms. The van der Waals surface area contributed by atoms with E-state index >= 15 is 0 Å².